The van der Waals surface area contributed by atoms with Gasteiger partial charge in [0.05, 0.1) is 5.54 Å². The van der Waals surface area contributed by atoms with Crippen molar-refractivity contribution < 1.29 is 4.79 Å². The Hall–Kier alpha value is -1.43. The number of carbonyl (C=O) groups excluding carboxylic acids is 1. The molecule has 0 aliphatic rings. The fraction of sp³-hybridized carbons (Fsp3) is 0.700. The van der Waals surface area contributed by atoms with E-state index in [4.69, 9.17) is 5.73 Å². The predicted octanol–water partition coefficient (Wildman–Crippen LogP) is -0.0191. The molecule has 0 spiro atoms. The van der Waals surface area contributed by atoms with Gasteiger partial charge in [-0.3, -0.25) is 9.89 Å². The summed E-state index contributed by atoms with van der Waals surface area (Å²) < 4.78 is 0. The van der Waals surface area contributed by atoms with Crippen LogP contribution in [0.3, 0.4) is 0 Å². The van der Waals surface area contributed by atoms with E-state index < -0.39 is 5.54 Å². The highest BCUT2D eigenvalue weighted by Gasteiger charge is 2.26. The lowest BCUT2D eigenvalue weighted by Crippen LogP contribution is -2.51. The standard InChI is InChI=1S/C10H19N5O/c1-3-5-10(2,11)9(16)12-6-4-8-13-7-14-15-8/h7H,3-6,11H2,1-2H3,(H,12,16)(H,13,14,15). The van der Waals surface area contributed by atoms with Crippen molar-refractivity contribution in [3.8, 4) is 0 Å². The van der Waals surface area contributed by atoms with Gasteiger partial charge in [-0.1, -0.05) is 13.3 Å². The molecule has 6 heteroatoms. The predicted molar refractivity (Wildman–Crippen MR) is 60.6 cm³/mol. The zero-order valence-corrected chi connectivity index (χ0v) is 9.79. The molecular weight excluding hydrogens is 206 g/mol. The van der Waals surface area contributed by atoms with Crippen molar-refractivity contribution >= 4 is 5.91 Å². The van der Waals surface area contributed by atoms with Crippen LogP contribution >= 0.6 is 0 Å². The van der Waals surface area contributed by atoms with Gasteiger partial charge in [-0.25, -0.2) is 4.98 Å². The van der Waals surface area contributed by atoms with Crippen molar-refractivity contribution in [3.63, 3.8) is 0 Å². The minimum Gasteiger partial charge on any atom is -0.354 e. The van der Waals surface area contributed by atoms with E-state index in [1.165, 1.54) is 6.33 Å². The lowest BCUT2D eigenvalue weighted by atomic mass is 9.96. The summed E-state index contributed by atoms with van der Waals surface area (Å²) in [5, 5.41) is 9.25. The van der Waals surface area contributed by atoms with Crippen LogP contribution < -0.4 is 11.1 Å². The third-order valence-electron chi connectivity index (χ3n) is 2.40. The maximum absolute atomic E-state index is 11.7. The fourth-order valence-electron chi connectivity index (χ4n) is 1.48. The molecule has 0 radical (unpaired) electrons. The van der Waals surface area contributed by atoms with Gasteiger partial charge in [-0.15, -0.1) is 0 Å². The van der Waals surface area contributed by atoms with Crippen LogP contribution in [-0.4, -0.2) is 33.2 Å². The van der Waals surface area contributed by atoms with E-state index in [2.05, 4.69) is 20.5 Å². The zero-order valence-electron chi connectivity index (χ0n) is 9.79. The van der Waals surface area contributed by atoms with E-state index in [0.29, 0.717) is 19.4 Å². The topological polar surface area (TPSA) is 96.7 Å². The monoisotopic (exact) mass is 225 g/mol. The molecule has 0 saturated carbocycles. The summed E-state index contributed by atoms with van der Waals surface area (Å²) in [5.41, 5.74) is 5.10. The molecular formula is C10H19N5O. The summed E-state index contributed by atoms with van der Waals surface area (Å²) in [7, 11) is 0. The lowest BCUT2D eigenvalue weighted by Gasteiger charge is -2.22. The van der Waals surface area contributed by atoms with Gasteiger partial charge in [0.15, 0.2) is 0 Å². The number of hydrogen-bond acceptors (Lipinski definition) is 4. The van der Waals surface area contributed by atoms with Crippen molar-refractivity contribution in [2.45, 2.75) is 38.6 Å². The molecule has 4 N–H and O–H groups in total. The highest BCUT2D eigenvalue weighted by atomic mass is 16.2. The normalized spacial score (nSPS) is 14.4. The number of nitrogens with zero attached hydrogens (tertiary/aromatic N) is 2. The smallest absolute Gasteiger partial charge is 0.239 e. The van der Waals surface area contributed by atoms with Crippen LogP contribution in [0.2, 0.25) is 0 Å². The van der Waals surface area contributed by atoms with Crippen molar-refractivity contribution in [2.75, 3.05) is 6.54 Å². The van der Waals surface area contributed by atoms with Crippen molar-refractivity contribution in [1.29, 1.82) is 0 Å². The molecule has 90 valence electrons. The Morgan fingerprint density at radius 1 is 1.69 bits per heavy atom. The average Bonchev–Trinajstić information content (AvgIpc) is 2.70. The second-order valence-electron chi connectivity index (χ2n) is 4.11. The Labute approximate surface area is 95.0 Å². The largest absolute Gasteiger partial charge is 0.354 e. The number of nitrogens with two attached hydrogens (primary N) is 1. The Morgan fingerprint density at radius 2 is 2.44 bits per heavy atom. The molecule has 1 amide bonds. The minimum absolute atomic E-state index is 0.117. The first-order chi connectivity index (χ1) is 7.56. The van der Waals surface area contributed by atoms with Gasteiger partial charge >= 0.3 is 0 Å². The zero-order chi connectivity index (χ0) is 12.0. The van der Waals surface area contributed by atoms with Gasteiger partial charge in [-0.2, -0.15) is 5.10 Å². The molecule has 1 heterocycles. The van der Waals surface area contributed by atoms with Crippen LogP contribution in [0.25, 0.3) is 0 Å². The van der Waals surface area contributed by atoms with Gasteiger partial charge in [-0.05, 0) is 13.3 Å². The molecule has 0 aliphatic heterocycles. The maximum Gasteiger partial charge on any atom is 0.239 e. The number of aromatic nitrogens is 3. The van der Waals surface area contributed by atoms with Crippen molar-refractivity contribution in [1.82, 2.24) is 20.5 Å². The first kappa shape index (κ1) is 12.6. The van der Waals surface area contributed by atoms with E-state index in [1.807, 2.05) is 6.92 Å². The number of H-pyrrole nitrogens is 1. The second kappa shape index (κ2) is 5.60. The lowest BCUT2D eigenvalue weighted by molar-refractivity contribution is -0.126. The molecule has 1 aromatic heterocycles. The van der Waals surface area contributed by atoms with Crippen LogP contribution in [0.5, 0.6) is 0 Å². The highest BCUT2D eigenvalue weighted by molar-refractivity contribution is 5.85. The molecule has 0 bridgehead atoms. The Morgan fingerprint density at radius 3 is 3.00 bits per heavy atom. The first-order valence-corrected chi connectivity index (χ1v) is 5.47. The molecule has 1 rings (SSSR count). The molecule has 16 heavy (non-hydrogen) atoms. The summed E-state index contributed by atoms with van der Waals surface area (Å²) in [6.07, 6.45) is 3.65. The third-order valence-corrected chi connectivity index (χ3v) is 2.40. The summed E-state index contributed by atoms with van der Waals surface area (Å²) in [5.74, 6) is 0.642. The van der Waals surface area contributed by atoms with Crippen LogP contribution in [0.15, 0.2) is 6.33 Å². The quantitative estimate of drug-likeness (QED) is 0.634. The molecule has 6 nitrogen and oxygen atoms in total. The van der Waals surface area contributed by atoms with Crippen LogP contribution in [-0.2, 0) is 11.2 Å². The van der Waals surface area contributed by atoms with Gasteiger partial charge in [0, 0.05) is 13.0 Å². The van der Waals surface area contributed by atoms with Gasteiger partial charge in [0.25, 0.3) is 0 Å². The summed E-state index contributed by atoms with van der Waals surface area (Å²) >= 11 is 0. The van der Waals surface area contributed by atoms with E-state index in [0.717, 1.165) is 12.2 Å². The SMILES string of the molecule is CCCC(C)(N)C(=O)NCCc1ncn[nH]1. The third kappa shape index (κ3) is 3.62. The molecule has 0 fully saturated rings. The number of aromatic amines is 1. The van der Waals surface area contributed by atoms with E-state index >= 15 is 0 Å². The Bertz CT molecular complexity index is 320. The molecule has 0 aromatic carbocycles. The highest BCUT2D eigenvalue weighted by Crippen LogP contribution is 2.07. The van der Waals surface area contributed by atoms with E-state index in [-0.39, 0.29) is 5.91 Å². The van der Waals surface area contributed by atoms with Crippen molar-refractivity contribution in [2.24, 2.45) is 5.73 Å². The average molecular weight is 225 g/mol. The number of carbonyl (C=O) groups is 1. The Balaban J connectivity index is 2.30. The molecule has 1 atom stereocenters. The summed E-state index contributed by atoms with van der Waals surface area (Å²) in [6.45, 7) is 4.28. The van der Waals surface area contributed by atoms with Crippen LogP contribution in [0.4, 0.5) is 0 Å². The second-order valence-corrected chi connectivity index (χ2v) is 4.11. The molecule has 1 unspecified atom stereocenters. The first-order valence-electron chi connectivity index (χ1n) is 5.47. The molecule has 1 aromatic rings. The van der Waals surface area contributed by atoms with Crippen LogP contribution in [0, 0.1) is 0 Å². The fourth-order valence-corrected chi connectivity index (χ4v) is 1.48. The van der Waals surface area contributed by atoms with Crippen molar-refractivity contribution in [3.05, 3.63) is 12.2 Å². The maximum atomic E-state index is 11.7. The van der Waals surface area contributed by atoms with E-state index in [1.54, 1.807) is 6.92 Å². The number of amides is 1. The minimum atomic E-state index is -0.782. The van der Waals surface area contributed by atoms with Gasteiger partial charge in [0.1, 0.15) is 12.2 Å². The number of rotatable bonds is 6. The molecule has 0 saturated heterocycles. The number of nitrogens with one attached hydrogen (secondary N) is 2. The summed E-state index contributed by atoms with van der Waals surface area (Å²) in [6, 6.07) is 0. The van der Waals surface area contributed by atoms with Gasteiger partial charge in [0.2, 0.25) is 5.91 Å². The summed E-state index contributed by atoms with van der Waals surface area (Å²) in [4.78, 5) is 15.7. The molecule has 0 aliphatic carbocycles. The van der Waals surface area contributed by atoms with Crippen LogP contribution in [0.1, 0.15) is 32.5 Å². The van der Waals surface area contributed by atoms with Gasteiger partial charge < -0.3 is 11.1 Å². The Kier molecular flexibility index (Phi) is 4.42. The number of hydrogen-bond donors (Lipinski definition) is 3. The van der Waals surface area contributed by atoms with E-state index in [9.17, 15) is 4.79 Å².